The highest BCUT2D eigenvalue weighted by Gasteiger charge is 2.39. The number of benzene rings is 2. The fraction of sp³-hybridized carbons (Fsp3) is 0.259. The topological polar surface area (TPSA) is 74.7 Å². The lowest BCUT2D eigenvalue weighted by Crippen LogP contribution is -2.33. The number of carbonyl (C=O) groups is 2. The molecule has 7 heteroatoms. The molecule has 3 aromatic rings. The van der Waals surface area contributed by atoms with E-state index in [1.54, 1.807) is 11.1 Å². The molecule has 2 amide bonds. The van der Waals surface area contributed by atoms with Crippen LogP contribution in [0.2, 0.25) is 0 Å². The second-order valence-corrected chi connectivity index (χ2v) is 9.70. The average molecular weight is 473 g/mol. The van der Waals surface area contributed by atoms with Gasteiger partial charge in [0.25, 0.3) is 0 Å². The van der Waals surface area contributed by atoms with Crippen molar-refractivity contribution in [2.24, 2.45) is 4.99 Å². The molecule has 1 atom stereocenters. The van der Waals surface area contributed by atoms with E-state index in [1.165, 1.54) is 17.3 Å². The molecular weight excluding hydrogens is 444 g/mol. The van der Waals surface area contributed by atoms with Crippen LogP contribution in [0.3, 0.4) is 0 Å². The number of para-hydroxylation sites is 1. The Morgan fingerprint density at radius 1 is 1.00 bits per heavy atom. The van der Waals surface area contributed by atoms with Crippen LogP contribution in [0.25, 0.3) is 0 Å². The minimum Gasteiger partial charge on any atom is -0.326 e. The van der Waals surface area contributed by atoms with Gasteiger partial charge in [-0.25, -0.2) is 4.99 Å². The smallest absolute Gasteiger partial charge is 0.243 e. The fourth-order valence-corrected chi connectivity index (χ4v) is 4.96. The van der Waals surface area contributed by atoms with Gasteiger partial charge in [-0.15, -0.1) is 0 Å². The standard InChI is InChI=1S/C27H28N4O2S/c1-17-11-12-21(14-20(17)4)29-27-31(16-22-10-5-6-13-28-22)26(33)23(34-27)15-24(32)30-25-18(2)8-7-9-19(25)3/h5-14,23H,15-16H2,1-4H3,(H,30,32). The summed E-state index contributed by atoms with van der Waals surface area (Å²) in [4.78, 5) is 37.0. The lowest BCUT2D eigenvalue weighted by Gasteiger charge is -2.16. The molecule has 34 heavy (non-hydrogen) atoms. The SMILES string of the molecule is Cc1ccc(N=C2SC(CC(=O)Nc3c(C)cccc3C)C(=O)N2Cc2ccccn2)cc1C. The molecule has 0 spiro atoms. The van der Waals surface area contributed by atoms with Crippen molar-refractivity contribution in [3.8, 4) is 0 Å². The Labute approximate surface area is 204 Å². The summed E-state index contributed by atoms with van der Waals surface area (Å²) in [5.74, 6) is -0.316. The maximum absolute atomic E-state index is 13.4. The van der Waals surface area contributed by atoms with E-state index in [2.05, 4.69) is 17.2 Å². The highest BCUT2D eigenvalue weighted by Crippen LogP contribution is 2.33. The number of amides is 2. The van der Waals surface area contributed by atoms with E-state index < -0.39 is 5.25 Å². The zero-order valence-electron chi connectivity index (χ0n) is 19.8. The Morgan fingerprint density at radius 3 is 2.44 bits per heavy atom. The Kier molecular flexibility index (Phi) is 7.12. The van der Waals surface area contributed by atoms with Crippen molar-refractivity contribution >= 4 is 40.1 Å². The number of nitrogens with one attached hydrogen (secondary N) is 1. The van der Waals surface area contributed by atoms with Crippen LogP contribution in [0.1, 0.15) is 34.4 Å². The van der Waals surface area contributed by atoms with Gasteiger partial charge in [0.15, 0.2) is 5.17 Å². The van der Waals surface area contributed by atoms with Crippen molar-refractivity contribution < 1.29 is 9.59 Å². The Balaban J connectivity index is 1.57. The number of amidine groups is 1. The molecule has 1 fully saturated rings. The number of carbonyl (C=O) groups excluding carboxylic acids is 2. The van der Waals surface area contributed by atoms with Gasteiger partial charge in [0, 0.05) is 18.3 Å². The first-order valence-corrected chi connectivity index (χ1v) is 12.1. The largest absolute Gasteiger partial charge is 0.326 e. The lowest BCUT2D eigenvalue weighted by molar-refractivity contribution is -0.128. The van der Waals surface area contributed by atoms with E-state index in [1.807, 2.05) is 75.4 Å². The van der Waals surface area contributed by atoms with E-state index >= 15 is 0 Å². The molecule has 6 nitrogen and oxygen atoms in total. The van der Waals surface area contributed by atoms with Gasteiger partial charge in [0.05, 0.1) is 17.9 Å². The molecule has 1 N–H and O–H groups in total. The average Bonchev–Trinajstić information content (AvgIpc) is 3.08. The summed E-state index contributed by atoms with van der Waals surface area (Å²) in [5, 5.41) is 3.04. The summed E-state index contributed by atoms with van der Waals surface area (Å²) < 4.78 is 0. The molecule has 2 heterocycles. The van der Waals surface area contributed by atoms with Crippen molar-refractivity contribution in [1.29, 1.82) is 0 Å². The van der Waals surface area contributed by atoms with Crippen molar-refractivity contribution in [1.82, 2.24) is 9.88 Å². The second kappa shape index (κ2) is 10.2. The first-order valence-electron chi connectivity index (χ1n) is 11.2. The van der Waals surface area contributed by atoms with Gasteiger partial charge in [-0.1, -0.05) is 42.1 Å². The Hall–Kier alpha value is -3.45. The van der Waals surface area contributed by atoms with Gasteiger partial charge in [-0.2, -0.15) is 0 Å². The van der Waals surface area contributed by atoms with Crippen LogP contribution in [0.4, 0.5) is 11.4 Å². The van der Waals surface area contributed by atoms with Crippen LogP contribution in [0, 0.1) is 27.7 Å². The van der Waals surface area contributed by atoms with Crippen molar-refractivity contribution in [2.45, 2.75) is 45.9 Å². The number of hydrogen-bond donors (Lipinski definition) is 1. The van der Waals surface area contributed by atoms with Crippen LogP contribution < -0.4 is 5.32 Å². The van der Waals surface area contributed by atoms with Gasteiger partial charge in [0.1, 0.15) is 5.25 Å². The maximum Gasteiger partial charge on any atom is 0.243 e. The van der Waals surface area contributed by atoms with Crippen molar-refractivity contribution in [3.63, 3.8) is 0 Å². The molecule has 2 aromatic carbocycles. The zero-order chi connectivity index (χ0) is 24.2. The molecule has 0 saturated carbocycles. The third-order valence-corrected chi connectivity index (χ3v) is 7.07. The molecule has 1 aromatic heterocycles. The minimum absolute atomic E-state index is 0.0714. The Morgan fingerprint density at radius 2 is 1.76 bits per heavy atom. The number of nitrogens with zero attached hydrogens (tertiary/aromatic N) is 3. The number of rotatable bonds is 6. The molecule has 0 aliphatic carbocycles. The van der Waals surface area contributed by atoms with Gasteiger partial charge < -0.3 is 5.32 Å². The molecule has 1 aliphatic heterocycles. The molecule has 0 radical (unpaired) electrons. The summed E-state index contributed by atoms with van der Waals surface area (Å²) in [7, 11) is 0. The predicted molar refractivity (Wildman–Crippen MR) is 138 cm³/mol. The van der Waals surface area contributed by atoms with Gasteiger partial charge >= 0.3 is 0 Å². The predicted octanol–water partition coefficient (Wildman–Crippen LogP) is 5.48. The van der Waals surface area contributed by atoms with Crippen LogP contribution >= 0.6 is 11.8 Å². The normalized spacial score (nSPS) is 16.8. The lowest BCUT2D eigenvalue weighted by atomic mass is 10.1. The highest BCUT2D eigenvalue weighted by atomic mass is 32.2. The maximum atomic E-state index is 13.4. The molecule has 1 saturated heterocycles. The molecule has 1 aliphatic rings. The molecule has 4 rings (SSSR count). The number of anilines is 1. The first kappa shape index (κ1) is 23.7. The summed E-state index contributed by atoms with van der Waals surface area (Å²) in [6, 6.07) is 17.5. The number of pyridine rings is 1. The summed E-state index contributed by atoms with van der Waals surface area (Å²) >= 11 is 1.34. The van der Waals surface area contributed by atoms with Gasteiger partial charge in [-0.05, 0) is 74.2 Å². The van der Waals surface area contributed by atoms with E-state index in [9.17, 15) is 9.59 Å². The second-order valence-electron chi connectivity index (χ2n) is 8.53. The zero-order valence-corrected chi connectivity index (χ0v) is 20.6. The monoisotopic (exact) mass is 472 g/mol. The van der Waals surface area contributed by atoms with Crippen LogP contribution in [0.5, 0.6) is 0 Å². The van der Waals surface area contributed by atoms with Gasteiger partial charge in [0.2, 0.25) is 11.8 Å². The number of aryl methyl sites for hydroxylation is 4. The molecular formula is C27H28N4O2S. The van der Waals surface area contributed by atoms with Crippen LogP contribution in [-0.2, 0) is 16.1 Å². The number of aromatic nitrogens is 1. The summed E-state index contributed by atoms with van der Waals surface area (Å²) in [6.07, 6.45) is 1.78. The third-order valence-electron chi connectivity index (χ3n) is 5.90. The van der Waals surface area contributed by atoms with Crippen LogP contribution in [0.15, 0.2) is 65.8 Å². The molecule has 174 valence electrons. The highest BCUT2D eigenvalue weighted by molar-refractivity contribution is 8.15. The molecule has 0 bridgehead atoms. The van der Waals surface area contributed by atoms with E-state index in [-0.39, 0.29) is 18.2 Å². The summed E-state index contributed by atoms with van der Waals surface area (Å²) in [5.41, 5.74) is 6.66. The van der Waals surface area contributed by atoms with Crippen molar-refractivity contribution in [3.05, 3.63) is 88.7 Å². The third kappa shape index (κ3) is 5.37. The van der Waals surface area contributed by atoms with E-state index in [0.29, 0.717) is 11.7 Å². The quantitative estimate of drug-likeness (QED) is 0.516. The van der Waals surface area contributed by atoms with Crippen LogP contribution in [-0.4, -0.2) is 32.1 Å². The number of thioether (sulfide) groups is 1. The molecule has 1 unspecified atom stereocenters. The van der Waals surface area contributed by atoms with Gasteiger partial charge in [-0.3, -0.25) is 19.5 Å². The van der Waals surface area contributed by atoms with E-state index in [0.717, 1.165) is 33.8 Å². The van der Waals surface area contributed by atoms with E-state index in [4.69, 9.17) is 4.99 Å². The first-order chi connectivity index (χ1) is 16.3. The minimum atomic E-state index is -0.543. The number of aliphatic imine (C=N–C) groups is 1. The fourth-order valence-electron chi connectivity index (χ4n) is 3.80. The summed E-state index contributed by atoms with van der Waals surface area (Å²) in [6.45, 7) is 8.32. The Bertz CT molecular complexity index is 1240. The number of hydrogen-bond acceptors (Lipinski definition) is 5. The van der Waals surface area contributed by atoms with Crippen molar-refractivity contribution in [2.75, 3.05) is 5.32 Å².